The Bertz CT molecular complexity index is 3020. The molecule has 10 aromatic rings. The summed E-state index contributed by atoms with van der Waals surface area (Å²) in [4.78, 5) is 12.6. The minimum atomic E-state index is 0.399. The van der Waals surface area contributed by atoms with Crippen LogP contribution in [0.2, 0.25) is 0 Å². The number of benzene rings is 6. The van der Waals surface area contributed by atoms with Crippen molar-refractivity contribution in [3.05, 3.63) is 163 Å². The maximum absolute atomic E-state index is 5.30. The number of nitrogens with zero attached hydrogens (tertiary/aromatic N) is 5. The molecule has 10 rings (SSSR count). The maximum atomic E-state index is 5.30. The van der Waals surface area contributed by atoms with Crippen molar-refractivity contribution in [2.24, 2.45) is 0 Å². The van der Waals surface area contributed by atoms with Gasteiger partial charge in [-0.1, -0.05) is 100 Å². The lowest BCUT2D eigenvalue weighted by atomic mass is 10.0. The second-order valence-corrected chi connectivity index (χ2v) is 14.7. The summed E-state index contributed by atoms with van der Waals surface area (Å²) in [6.07, 6.45) is 1.94. The molecular weight excluding hydrogens is 647 g/mol. The minimum Gasteiger partial charge on any atom is -0.310 e. The highest BCUT2D eigenvalue weighted by atomic mass is 15.1. The number of pyridine rings is 2. The van der Waals surface area contributed by atoms with Crippen molar-refractivity contribution in [1.29, 1.82) is 0 Å². The van der Waals surface area contributed by atoms with Gasteiger partial charge in [0.1, 0.15) is 11.5 Å². The molecule has 0 spiro atoms. The average molecular weight is 686 g/mol. The first-order chi connectivity index (χ1) is 25.9. The van der Waals surface area contributed by atoms with E-state index in [0.29, 0.717) is 11.8 Å². The van der Waals surface area contributed by atoms with E-state index in [9.17, 15) is 0 Å². The van der Waals surface area contributed by atoms with Crippen LogP contribution in [0, 0.1) is 0 Å². The largest absolute Gasteiger partial charge is 0.310 e. The molecule has 0 saturated heterocycles. The van der Waals surface area contributed by atoms with Gasteiger partial charge in [0, 0.05) is 44.8 Å². The molecule has 5 nitrogen and oxygen atoms in total. The van der Waals surface area contributed by atoms with E-state index in [-0.39, 0.29) is 0 Å². The van der Waals surface area contributed by atoms with Crippen LogP contribution < -0.4 is 4.90 Å². The van der Waals surface area contributed by atoms with Crippen LogP contribution in [0.4, 0.5) is 17.1 Å². The zero-order valence-corrected chi connectivity index (χ0v) is 30.3. The molecule has 0 aliphatic heterocycles. The van der Waals surface area contributed by atoms with Crippen LogP contribution in [0.25, 0.3) is 66.0 Å². The molecule has 5 heteroatoms. The first kappa shape index (κ1) is 31.3. The van der Waals surface area contributed by atoms with Gasteiger partial charge in [-0.25, -0.2) is 9.97 Å². The molecule has 6 aromatic carbocycles. The summed E-state index contributed by atoms with van der Waals surface area (Å²) in [7, 11) is 0. The third-order valence-electron chi connectivity index (χ3n) is 10.9. The molecule has 0 unspecified atom stereocenters. The Morgan fingerprint density at radius 2 is 1.11 bits per heavy atom. The Hall–Kier alpha value is -6.46. The Morgan fingerprint density at radius 1 is 0.472 bits per heavy atom. The normalized spacial score (nSPS) is 12.1. The maximum Gasteiger partial charge on any atom is 0.146 e. The number of aromatic nitrogens is 4. The Balaban J connectivity index is 1.24. The van der Waals surface area contributed by atoms with Gasteiger partial charge < -0.3 is 4.90 Å². The van der Waals surface area contributed by atoms with Crippen molar-refractivity contribution in [1.82, 2.24) is 18.9 Å². The second kappa shape index (κ2) is 12.1. The third kappa shape index (κ3) is 4.91. The van der Waals surface area contributed by atoms with E-state index in [4.69, 9.17) is 9.97 Å². The molecule has 4 aromatic heterocycles. The van der Waals surface area contributed by atoms with E-state index < -0.39 is 0 Å². The highest BCUT2D eigenvalue weighted by molar-refractivity contribution is 6.15. The molecule has 0 saturated carbocycles. The first-order valence-corrected chi connectivity index (χ1v) is 18.6. The van der Waals surface area contributed by atoms with Crippen molar-refractivity contribution in [2.75, 3.05) is 4.90 Å². The van der Waals surface area contributed by atoms with E-state index in [1.165, 1.54) is 38.2 Å². The molecule has 0 aliphatic carbocycles. The van der Waals surface area contributed by atoms with Gasteiger partial charge >= 0.3 is 0 Å². The average Bonchev–Trinajstić information content (AvgIpc) is 3.74. The molecule has 0 N–H and O–H groups in total. The summed E-state index contributed by atoms with van der Waals surface area (Å²) in [5.41, 5.74) is 12.3. The van der Waals surface area contributed by atoms with Crippen molar-refractivity contribution in [3.63, 3.8) is 0 Å². The predicted molar refractivity (Wildman–Crippen MR) is 223 cm³/mol. The molecule has 0 bridgehead atoms. The lowest BCUT2D eigenvalue weighted by molar-refractivity contribution is 0.858. The molecule has 256 valence electrons. The van der Waals surface area contributed by atoms with Gasteiger partial charge in [0.05, 0.1) is 27.6 Å². The van der Waals surface area contributed by atoms with Crippen molar-refractivity contribution < 1.29 is 0 Å². The van der Waals surface area contributed by atoms with Gasteiger partial charge in [-0.05, 0) is 101 Å². The highest BCUT2D eigenvalue weighted by Gasteiger charge is 2.21. The van der Waals surface area contributed by atoms with E-state index in [0.717, 1.165) is 56.0 Å². The zero-order chi connectivity index (χ0) is 35.8. The Labute approximate surface area is 308 Å². The minimum absolute atomic E-state index is 0.399. The van der Waals surface area contributed by atoms with Gasteiger partial charge in [-0.15, -0.1) is 0 Å². The third-order valence-corrected chi connectivity index (χ3v) is 10.9. The molecule has 0 atom stereocenters. The predicted octanol–water partition coefficient (Wildman–Crippen LogP) is 13.0. The standard InChI is InChI=1S/C48H39N5/c1-30(2)32-18-23-42-46(26-32)53-44-17-11-8-14-38(44)37-21-19-35(28-41(37)48(53)50-42)51(34-12-6-5-7-13-34)36-20-22-40-39-15-9-10-16-43(39)52(45(40)29-36)47-27-33(31(3)4)24-25-49-47/h5-31H,1-4H3. The Morgan fingerprint density at radius 3 is 1.89 bits per heavy atom. The molecule has 0 radical (unpaired) electrons. The monoisotopic (exact) mass is 685 g/mol. The SMILES string of the molecule is CC(C)c1ccnc(-n2c3ccccc3c3ccc(N(c4ccccc4)c4ccc5c6ccccc6n6c7cc(C(C)C)ccc7nc6c5c4)cc32)c1. The van der Waals surface area contributed by atoms with Crippen molar-refractivity contribution in [2.45, 2.75) is 39.5 Å². The van der Waals surface area contributed by atoms with E-state index in [2.05, 4.69) is 187 Å². The van der Waals surface area contributed by atoms with Crippen LogP contribution in [0.15, 0.2) is 152 Å². The second-order valence-electron chi connectivity index (χ2n) is 14.7. The molecule has 0 fully saturated rings. The highest BCUT2D eigenvalue weighted by Crippen LogP contribution is 2.42. The van der Waals surface area contributed by atoms with Crippen LogP contribution in [0.3, 0.4) is 0 Å². The lowest BCUT2D eigenvalue weighted by Gasteiger charge is -2.26. The fourth-order valence-electron chi connectivity index (χ4n) is 8.15. The first-order valence-electron chi connectivity index (χ1n) is 18.6. The summed E-state index contributed by atoms with van der Waals surface area (Å²) in [6.45, 7) is 8.96. The molecule has 53 heavy (non-hydrogen) atoms. The number of hydrogen-bond acceptors (Lipinski definition) is 3. The van der Waals surface area contributed by atoms with Crippen LogP contribution in [0.1, 0.15) is 50.7 Å². The quantitative estimate of drug-likeness (QED) is 0.164. The summed E-state index contributed by atoms with van der Waals surface area (Å²) in [5.74, 6) is 1.75. The summed E-state index contributed by atoms with van der Waals surface area (Å²) in [5, 5.41) is 5.93. The topological polar surface area (TPSA) is 38.4 Å². The van der Waals surface area contributed by atoms with Crippen LogP contribution >= 0.6 is 0 Å². The van der Waals surface area contributed by atoms with E-state index in [1.807, 2.05) is 6.20 Å². The number of rotatable bonds is 6. The van der Waals surface area contributed by atoms with Gasteiger partial charge in [0.2, 0.25) is 0 Å². The zero-order valence-electron chi connectivity index (χ0n) is 30.3. The lowest BCUT2D eigenvalue weighted by Crippen LogP contribution is -2.10. The van der Waals surface area contributed by atoms with Crippen LogP contribution in [0.5, 0.6) is 0 Å². The molecular formula is C48H39N5. The van der Waals surface area contributed by atoms with Gasteiger partial charge in [-0.3, -0.25) is 8.97 Å². The summed E-state index contributed by atoms with van der Waals surface area (Å²) >= 11 is 0. The van der Waals surface area contributed by atoms with Gasteiger partial charge in [-0.2, -0.15) is 0 Å². The van der Waals surface area contributed by atoms with Crippen LogP contribution in [-0.4, -0.2) is 18.9 Å². The van der Waals surface area contributed by atoms with Crippen LogP contribution in [-0.2, 0) is 0 Å². The van der Waals surface area contributed by atoms with E-state index >= 15 is 0 Å². The number of para-hydroxylation sites is 3. The van der Waals surface area contributed by atoms with Crippen molar-refractivity contribution in [3.8, 4) is 5.82 Å². The number of imidazole rings is 1. The smallest absolute Gasteiger partial charge is 0.146 e. The fraction of sp³-hybridized carbons (Fsp3) is 0.125. The summed E-state index contributed by atoms with van der Waals surface area (Å²) < 4.78 is 4.68. The van der Waals surface area contributed by atoms with Gasteiger partial charge in [0.15, 0.2) is 0 Å². The number of hydrogen-bond donors (Lipinski definition) is 0. The fourth-order valence-corrected chi connectivity index (χ4v) is 8.15. The van der Waals surface area contributed by atoms with E-state index in [1.54, 1.807) is 0 Å². The number of anilines is 3. The Kier molecular flexibility index (Phi) is 7.12. The molecule has 0 amide bonds. The van der Waals surface area contributed by atoms with Gasteiger partial charge in [0.25, 0.3) is 0 Å². The molecule has 4 heterocycles. The molecule has 0 aliphatic rings. The number of fused-ring (bicyclic) bond motifs is 11. The van der Waals surface area contributed by atoms with Crippen molar-refractivity contribution >= 4 is 77.2 Å². The summed E-state index contributed by atoms with van der Waals surface area (Å²) in [6, 6.07) is 52.8.